The first-order chi connectivity index (χ1) is 16.1. The number of rotatable bonds is 7. The summed E-state index contributed by atoms with van der Waals surface area (Å²) < 4.78 is 23.4. The molecular weight excluding hydrogens is 420 g/mol. The molecule has 1 N–H and O–H groups in total. The SMILES string of the molecule is CCC(=O)N1CCOc2c(cc(-c3ccc(OC)c(OC)c3)cc2OCC2CCCNC2)C1. The number of methoxy groups -OCH3 is 2. The molecule has 33 heavy (non-hydrogen) atoms. The van der Waals surface area contributed by atoms with Crippen molar-refractivity contribution in [3.8, 4) is 34.1 Å². The molecule has 1 fully saturated rings. The molecule has 4 rings (SSSR count). The van der Waals surface area contributed by atoms with E-state index in [1.54, 1.807) is 14.2 Å². The van der Waals surface area contributed by atoms with Crippen molar-refractivity contribution in [1.82, 2.24) is 10.2 Å². The summed E-state index contributed by atoms with van der Waals surface area (Å²) in [4.78, 5) is 14.3. The number of hydrogen-bond acceptors (Lipinski definition) is 6. The Bertz CT molecular complexity index is 971. The molecule has 7 nitrogen and oxygen atoms in total. The van der Waals surface area contributed by atoms with Crippen molar-refractivity contribution in [3.05, 3.63) is 35.9 Å². The molecule has 1 saturated heterocycles. The van der Waals surface area contributed by atoms with Crippen molar-refractivity contribution in [3.63, 3.8) is 0 Å². The summed E-state index contributed by atoms with van der Waals surface area (Å²) in [5, 5.41) is 3.45. The van der Waals surface area contributed by atoms with Gasteiger partial charge in [-0.05, 0) is 54.8 Å². The van der Waals surface area contributed by atoms with Crippen LogP contribution < -0.4 is 24.3 Å². The average Bonchev–Trinajstić information content (AvgIpc) is 3.09. The normalized spacial score (nSPS) is 18.0. The first-order valence-corrected chi connectivity index (χ1v) is 11.8. The van der Waals surface area contributed by atoms with E-state index in [9.17, 15) is 4.79 Å². The van der Waals surface area contributed by atoms with Crippen molar-refractivity contribution in [1.29, 1.82) is 0 Å². The molecule has 7 heteroatoms. The van der Waals surface area contributed by atoms with Crippen LogP contribution in [0.3, 0.4) is 0 Å². The van der Waals surface area contributed by atoms with Gasteiger partial charge in [-0.3, -0.25) is 4.79 Å². The van der Waals surface area contributed by atoms with Crippen LogP contribution in [0.2, 0.25) is 0 Å². The zero-order valence-corrected chi connectivity index (χ0v) is 19.8. The highest BCUT2D eigenvalue weighted by molar-refractivity contribution is 5.77. The van der Waals surface area contributed by atoms with Crippen LogP contribution >= 0.6 is 0 Å². The summed E-state index contributed by atoms with van der Waals surface area (Å²) in [6.07, 6.45) is 2.80. The van der Waals surface area contributed by atoms with Crippen LogP contribution in [0.5, 0.6) is 23.0 Å². The van der Waals surface area contributed by atoms with E-state index < -0.39 is 0 Å². The molecule has 0 saturated carbocycles. The lowest BCUT2D eigenvalue weighted by molar-refractivity contribution is -0.131. The molecule has 2 aliphatic rings. The van der Waals surface area contributed by atoms with Gasteiger partial charge in [-0.1, -0.05) is 13.0 Å². The maximum atomic E-state index is 12.5. The molecule has 0 radical (unpaired) electrons. The molecule has 1 unspecified atom stereocenters. The Morgan fingerprint density at radius 3 is 2.67 bits per heavy atom. The first-order valence-electron chi connectivity index (χ1n) is 11.8. The third-order valence-electron chi connectivity index (χ3n) is 6.35. The summed E-state index contributed by atoms with van der Waals surface area (Å²) in [7, 11) is 3.26. The summed E-state index contributed by atoms with van der Waals surface area (Å²) in [6, 6.07) is 9.99. The van der Waals surface area contributed by atoms with Gasteiger partial charge in [0.2, 0.25) is 5.91 Å². The van der Waals surface area contributed by atoms with E-state index in [-0.39, 0.29) is 5.91 Å². The summed E-state index contributed by atoms with van der Waals surface area (Å²) in [6.45, 7) is 6.10. The maximum Gasteiger partial charge on any atom is 0.222 e. The van der Waals surface area contributed by atoms with Gasteiger partial charge in [0.1, 0.15) is 6.61 Å². The van der Waals surface area contributed by atoms with Gasteiger partial charge < -0.3 is 29.2 Å². The fourth-order valence-corrected chi connectivity index (χ4v) is 4.48. The standard InChI is InChI=1S/C26H34N2O5/c1-4-25(29)28-10-11-32-26-21(16-28)12-20(19-7-8-22(30-2)23(13-19)31-3)14-24(26)33-17-18-6-5-9-27-15-18/h7-8,12-14,18,27H,4-6,9-11,15-17H2,1-3H3. The van der Waals surface area contributed by atoms with Gasteiger partial charge in [-0.25, -0.2) is 0 Å². The van der Waals surface area contributed by atoms with E-state index in [4.69, 9.17) is 18.9 Å². The third kappa shape index (κ3) is 5.36. The van der Waals surface area contributed by atoms with Crippen LogP contribution in [0.15, 0.2) is 30.3 Å². The van der Waals surface area contributed by atoms with E-state index in [0.29, 0.717) is 50.1 Å². The van der Waals surface area contributed by atoms with Gasteiger partial charge in [0.25, 0.3) is 0 Å². The number of carbonyl (C=O) groups excluding carboxylic acids is 1. The number of fused-ring (bicyclic) bond motifs is 1. The predicted molar refractivity (Wildman–Crippen MR) is 127 cm³/mol. The fraction of sp³-hybridized carbons (Fsp3) is 0.500. The molecular formula is C26H34N2O5. The smallest absolute Gasteiger partial charge is 0.222 e. The van der Waals surface area contributed by atoms with E-state index in [2.05, 4.69) is 11.4 Å². The zero-order chi connectivity index (χ0) is 23.2. The van der Waals surface area contributed by atoms with E-state index in [1.165, 1.54) is 6.42 Å². The Hall–Kier alpha value is -2.93. The Morgan fingerprint density at radius 2 is 1.94 bits per heavy atom. The van der Waals surface area contributed by atoms with Gasteiger partial charge in [0, 0.05) is 31.0 Å². The highest BCUT2D eigenvalue weighted by atomic mass is 16.5. The van der Waals surface area contributed by atoms with Crippen molar-refractivity contribution in [2.75, 3.05) is 47.1 Å². The number of carbonyl (C=O) groups is 1. The van der Waals surface area contributed by atoms with Crippen LogP contribution in [0.1, 0.15) is 31.7 Å². The lowest BCUT2D eigenvalue weighted by atomic mass is 9.99. The van der Waals surface area contributed by atoms with Crippen LogP contribution in [-0.4, -0.2) is 57.9 Å². The number of nitrogens with zero attached hydrogens (tertiary/aromatic N) is 1. The van der Waals surface area contributed by atoms with Gasteiger partial charge in [0.05, 0.1) is 27.4 Å². The molecule has 2 aliphatic heterocycles. The number of benzene rings is 2. The molecule has 0 spiro atoms. The van der Waals surface area contributed by atoms with Crippen LogP contribution in [0.4, 0.5) is 0 Å². The molecule has 0 aromatic heterocycles. The van der Waals surface area contributed by atoms with E-state index >= 15 is 0 Å². The molecule has 178 valence electrons. The minimum absolute atomic E-state index is 0.124. The minimum atomic E-state index is 0.124. The molecule has 2 heterocycles. The largest absolute Gasteiger partial charge is 0.493 e. The predicted octanol–water partition coefficient (Wildman–Crippen LogP) is 3.88. The first kappa shape index (κ1) is 23.2. The van der Waals surface area contributed by atoms with Crippen LogP contribution in [0.25, 0.3) is 11.1 Å². The Morgan fingerprint density at radius 1 is 1.12 bits per heavy atom. The van der Waals surface area contributed by atoms with Gasteiger partial charge in [0.15, 0.2) is 23.0 Å². The topological polar surface area (TPSA) is 69.3 Å². The number of nitrogens with one attached hydrogen (secondary N) is 1. The number of piperidine rings is 1. The van der Waals surface area contributed by atoms with E-state index in [0.717, 1.165) is 47.7 Å². The zero-order valence-electron chi connectivity index (χ0n) is 19.8. The minimum Gasteiger partial charge on any atom is -0.493 e. The molecule has 1 amide bonds. The number of amides is 1. The highest BCUT2D eigenvalue weighted by Gasteiger charge is 2.24. The van der Waals surface area contributed by atoms with Crippen molar-refractivity contribution in [2.24, 2.45) is 5.92 Å². The lowest BCUT2D eigenvalue weighted by Gasteiger charge is -2.24. The Balaban J connectivity index is 1.70. The molecule has 2 aromatic rings. The quantitative estimate of drug-likeness (QED) is 0.685. The van der Waals surface area contributed by atoms with Gasteiger partial charge in [-0.15, -0.1) is 0 Å². The Kier molecular flexibility index (Phi) is 7.60. The molecule has 2 aromatic carbocycles. The monoisotopic (exact) mass is 454 g/mol. The van der Waals surface area contributed by atoms with Crippen molar-refractivity contribution < 1.29 is 23.7 Å². The highest BCUT2D eigenvalue weighted by Crippen LogP contribution is 2.41. The second kappa shape index (κ2) is 10.8. The van der Waals surface area contributed by atoms with E-state index in [1.807, 2.05) is 36.1 Å². The third-order valence-corrected chi connectivity index (χ3v) is 6.35. The summed E-state index contributed by atoms with van der Waals surface area (Å²) in [5.74, 6) is 3.42. The summed E-state index contributed by atoms with van der Waals surface area (Å²) in [5.41, 5.74) is 2.93. The number of ether oxygens (including phenoxy) is 4. The maximum absolute atomic E-state index is 12.5. The van der Waals surface area contributed by atoms with Gasteiger partial charge in [-0.2, -0.15) is 0 Å². The van der Waals surface area contributed by atoms with Crippen molar-refractivity contribution >= 4 is 5.91 Å². The number of hydrogen-bond donors (Lipinski definition) is 1. The molecule has 0 bridgehead atoms. The van der Waals surface area contributed by atoms with Gasteiger partial charge >= 0.3 is 0 Å². The van der Waals surface area contributed by atoms with Crippen LogP contribution in [-0.2, 0) is 11.3 Å². The van der Waals surface area contributed by atoms with Crippen LogP contribution in [0, 0.1) is 5.92 Å². The average molecular weight is 455 g/mol. The second-order valence-electron chi connectivity index (χ2n) is 8.57. The molecule has 1 atom stereocenters. The van der Waals surface area contributed by atoms with Crippen molar-refractivity contribution in [2.45, 2.75) is 32.7 Å². The lowest BCUT2D eigenvalue weighted by Crippen LogP contribution is -2.33. The molecule has 0 aliphatic carbocycles. The Labute approximate surface area is 196 Å². The fourth-order valence-electron chi connectivity index (χ4n) is 4.48. The summed E-state index contributed by atoms with van der Waals surface area (Å²) >= 11 is 0. The second-order valence-corrected chi connectivity index (χ2v) is 8.57.